The molecule has 7 nitrogen and oxygen atoms in total. The summed E-state index contributed by atoms with van der Waals surface area (Å²) in [6.07, 6.45) is 2.01. The number of hydrogen-bond donors (Lipinski definition) is 1. The molecule has 0 spiro atoms. The third-order valence-electron chi connectivity index (χ3n) is 2.33. The smallest absolute Gasteiger partial charge is 0.311 e. The van der Waals surface area contributed by atoms with Crippen LogP contribution >= 0.6 is 46.4 Å². The molecule has 11 heteroatoms. The van der Waals surface area contributed by atoms with Gasteiger partial charge in [-0.15, -0.1) is 11.3 Å². The Balaban J connectivity index is 1.78. The molecule has 2 aromatic rings. The van der Waals surface area contributed by atoms with Crippen LogP contribution in [0.4, 0.5) is 5.13 Å². The Hall–Kier alpha value is -1.17. The molecule has 1 amide bonds. The summed E-state index contributed by atoms with van der Waals surface area (Å²) < 4.78 is 9.74. The molecule has 0 aliphatic carbocycles. The van der Waals surface area contributed by atoms with Crippen LogP contribution in [0.15, 0.2) is 14.9 Å². The maximum absolute atomic E-state index is 11.9. The van der Waals surface area contributed by atoms with E-state index in [0.717, 1.165) is 4.34 Å². The Morgan fingerprint density at radius 1 is 1.39 bits per heavy atom. The van der Waals surface area contributed by atoms with Gasteiger partial charge >= 0.3 is 5.97 Å². The van der Waals surface area contributed by atoms with Crippen LogP contribution in [0.3, 0.4) is 0 Å². The first kappa shape index (κ1) is 18.2. The Morgan fingerprint density at radius 2 is 2.22 bits per heavy atom. The minimum atomic E-state index is -0.327. The highest BCUT2D eigenvalue weighted by atomic mass is 32.2. The van der Waals surface area contributed by atoms with Gasteiger partial charge in [0.2, 0.25) is 11.1 Å². The number of esters is 1. The van der Waals surface area contributed by atoms with Crippen molar-refractivity contribution in [3.63, 3.8) is 0 Å². The average Bonchev–Trinajstić information content (AvgIpc) is 3.14. The van der Waals surface area contributed by atoms with E-state index in [2.05, 4.69) is 19.7 Å². The maximum Gasteiger partial charge on any atom is 0.311 e. The molecule has 0 aromatic carbocycles. The van der Waals surface area contributed by atoms with Crippen molar-refractivity contribution in [1.29, 1.82) is 0 Å². The molecule has 23 heavy (non-hydrogen) atoms. The van der Waals surface area contributed by atoms with E-state index in [0.29, 0.717) is 22.6 Å². The van der Waals surface area contributed by atoms with Crippen molar-refractivity contribution in [2.24, 2.45) is 0 Å². The summed E-state index contributed by atoms with van der Waals surface area (Å²) in [5, 5.41) is 5.62. The number of carbonyl (C=O) groups is 2. The number of amides is 1. The summed E-state index contributed by atoms with van der Waals surface area (Å²) in [4.78, 5) is 31.7. The van der Waals surface area contributed by atoms with Crippen LogP contribution < -0.4 is 5.32 Å². The van der Waals surface area contributed by atoms with Crippen molar-refractivity contribution in [3.05, 3.63) is 11.1 Å². The second-order valence-corrected chi connectivity index (χ2v) is 7.62. The van der Waals surface area contributed by atoms with Crippen LogP contribution in [0.5, 0.6) is 0 Å². The number of carbonyl (C=O) groups excluding carboxylic acids is 2. The van der Waals surface area contributed by atoms with Crippen LogP contribution in [0, 0.1) is 0 Å². The van der Waals surface area contributed by atoms with Crippen molar-refractivity contribution in [1.82, 2.24) is 14.3 Å². The molecule has 0 atom stereocenters. The minimum absolute atomic E-state index is 0.108. The predicted octanol–water partition coefficient (Wildman–Crippen LogP) is 2.55. The standard InChI is InChI=1S/C12H14N4O3S4/c1-3-19-9(18)4-7-5-21-10(13-7)14-8(17)6-22-12-15-11(20-2)16-23-12/h5H,3-4,6H2,1-2H3,(H,13,14,17). The number of thiazole rings is 1. The molecule has 2 heterocycles. The van der Waals surface area contributed by atoms with Gasteiger partial charge in [0.05, 0.1) is 24.5 Å². The second-order valence-electron chi connectivity index (χ2n) is 4.01. The van der Waals surface area contributed by atoms with Crippen LogP contribution in [-0.2, 0) is 20.7 Å². The highest BCUT2D eigenvalue weighted by Crippen LogP contribution is 2.24. The molecule has 0 aliphatic heterocycles. The summed E-state index contributed by atoms with van der Waals surface area (Å²) in [7, 11) is 0. The Kier molecular flexibility index (Phi) is 7.27. The van der Waals surface area contributed by atoms with E-state index in [4.69, 9.17) is 4.74 Å². The van der Waals surface area contributed by atoms with E-state index < -0.39 is 0 Å². The third kappa shape index (κ3) is 6.09. The van der Waals surface area contributed by atoms with Crippen molar-refractivity contribution >= 4 is 63.4 Å². The highest BCUT2D eigenvalue weighted by molar-refractivity contribution is 8.01. The van der Waals surface area contributed by atoms with Crippen LogP contribution in [0.2, 0.25) is 0 Å². The fraction of sp³-hybridized carbons (Fsp3) is 0.417. The molecule has 0 saturated heterocycles. The largest absolute Gasteiger partial charge is 0.466 e. The molecule has 0 radical (unpaired) electrons. The van der Waals surface area contributed by atoms with Gasteiger partial charge in [-0.25, -0.2) is 9.97 Å². The van der Waals surface area contributed by atoms with E-state index in [1.165, 1.54) is 46.4 Å². The van der Waals surface area contributed by atoms with Crippen molar-refractivity contribution in [2.45, 2.75) is 22.8 Å². The number of aromatic nitrogens is 3. The number of thioether (sulfide) groups is 2. The zero-order chi connectivity index (χ0) is 16.7. The van der Waals surface area contributed by atoms with Gasteiger partial charge in [0.25, 0.3) is 0 Å². The topological polar surface area (TPSA) is 94.1 Å². The molecule has 0 bridgehead atoms. The lowest BCUT2D eigenvalue weighted by Gasteiger charge is -2.00. The zero-order valence-electron chi connectivity index (χ0n) is 12.4. The van der Waals surface area contributed by atoms with Crippen molar-refractivity contribution < 1.29 is 14.3 Å². The van der Waals surface area contributed by atoms with Gasteiger partial charge in [-0.2, -0.15) is 4.37 Å². The number of nitrogens with zero attached hydrogens (tertiary/aromatic N) is 3. The van der Waals surface area contributed by atoms with E-state index >= 15 is 0 Å². The number of nitrogens with one attached hydrogen (secondary N) is 1. The number of hydrogen-bond acceptors (Lipinski definition) is 10. The lowest BCUT2D eigenvalue weighted by Crippen LogP contribution is -2.14. The SMILES string of the molecule is CCOC(=O)Cc1csc(NC(=O)CSc2nc(SC)ns2)n1. The fourth-order valence-corrected chi connectivity index (χ4v) is 4.16. The molecular weight excluding hydrogens is 376 g/mol. The summed E-state index contributed by atoms with van der Waals surface area (Å²) in [5.74, 6) is -0.268. The summed E-state index contributed by atoms with van der Waals surface area (Å²) in [6, 6.07) is 0. The molecule has 0 unspecified atom stereocenters. The lowest BCUT2D eigenvalue weighted by atomic mass is 10.3. The fourth-order valence-electron chi connectivity index (χ4n) is 1.43. The molecule has 0 fully saturated rings. The lowest BCUT2D eigenvalue weighted by molar-refractivity contribution is -0.142. The molecule has 2 rings (SSSR count). The van der Waals surface area contributed by atoms with E-state index in [1.807, 2.05) is 6.26 Å². The van der Waals surface area contributed by atoms with Crippen molar-refractivity contribution in [3.8, 4) is 0 Å². The maximum atomic E-state index is 11.9. The van der Waals surface area contributed by atoms with Gasteiger partial charge in [-0.05, 0) is 24.7 Å². The molecular formula is C12H14N4O3S4. The molecule has 0 aliphatic rings. The van der Waals surface area contributed by atoms with E-state index in [1.54, 1.807) is 12.3 Å². The Labute approximate surface area is 149 Å². The number of anilines is 1. The monoisotopic (exact) mass is 390 g/mol. The first-order valence-corrected chi connectivity index (χ1v) is 10.4. The normalized spacial score (nSPS) is 10.5. The third-order valence-corrected chi connectivity index (χ3v) is 5.63. The zero-order valence-corrected chi connectivity index (χ0v) is 15.7. The number of rotatable bonds is 8. The first-order valence-electron chi connectivity index (χ1n) is 6.51. The van der Waals surface area contributed by atoms with Gasteiger partial charge in [0, 0.05) is 5.38 Å². The van der Waals surface area contributed by atoms with E-state index in [9.17, 15) is 9.59 Å². The second kappa shape index (κ2) is 9.21. The quantitative estimate of drug-likeness (QED) is 0.543. The first-order chi connectivity index (χ1) is 11.1. The minimum Gasteiger partial charge on any atom is -0.466 e. The van der Waals surface area contributed by atoms with Crippen molar-refractivity contribution in [2.75, 3.05) is 23.9 Å². The van der Waals surface area contributed by atoms with Crippen LogP contribution in [0.25, 0.3) is 0 Å². The summed E-state index contributed by atoms with van der Waals surface area (Å²) >= 11 is 5.35. The molecule has 2 aromatic heterocycles. The molecule has 1 N–H and O–H groups in total. The molecule has 124 valence electrons. The highest BCUT2D eigenvalue weighted by Gasteiger charge is 2.12. The van der Waals surface area contributed by atoms with Gasteiger partial charge < -0.3 is 10.1 Å². The molecule has 0 saturated carbocycles. The van der Waals surface area contributed by atoms with Crippen LogP contribution in [-0.4, -0.2) is 44.8 Å². The Morgan fingerprint density at radius 3 is 2.91 bits per heavy atom. The van der Waals surface area contributed by atoms with Gasteiger partial charge in [-0.3, -0.25) is 9.59 Å². The predicted molar refractivity (Wildman–Crippen MR) is 93.5 cm³/mol. The van der Waals surface area contributed by atoms with Gasteiger partial charge in [0.1, 0.15) is 0 Å². The van der Waals surface area contributed by atoms with Gasteiger partial charge in [-0.1, -0.05) is 23.5 Å². The van der Waals surface area contributed by atoms with E-state index in [-0.39, 0.29) is 24.1 Å². The Bertz CT molecular complexity index is 673. The number of ether oxygens (including phenoxy) is 1. The average molecular weight is 391 g/mol. The summed E-state index contributed by atoms with van der Waals surface area (Å²) in [5.41, 5.74) is 0.588. The van der Waals surface area contributed by atoms with Gasteiger partial charge in [0.15, 0.2) is 9.47 Å². The van der Waals surface area contributed by atoms with Crippen LogP contribution in [0.1, 0.15) is 12.6 Å². The summed E-state index contributed by atoms with van der Waals surface area (Å²) in [6.45, 7) is 2.09.